The van der Waals surface area contributed by atoms with Gasteiger partial charge in [0.05, 0.1) is 5.69 Å². The fraction of sp³-hybridized carbons (Fsp3) is 0.462. The van der Waals surface area contributed by atoms with Crippen molar-refractivity contribution >= 4 is 23.8 Å². The van der Waals surface area contributed by atoms with Crippen molar-refractivity contribution in [3.8, 4) is 0 Å². The topological polar surface area (TPSA) is 53.1 Å². The summed E-state index contributed by atoms with van der Waals surface area (Å²) in [7, 11) is 0. The Bertz CT molecular complexity index is 1070. The van der Waals surface area contributed by atoms with Crippen LogP contribution in [0.25, 0.3) is 0 Å². The molecule has 33 heavy (non-hydrogen) atoms. The van der Waals surface area contributed by atoms with Crippen LogP contribution < -0.4 is 9.80 Å². The summed E-state index contributed by atoms with van der Waals surface area (Å²) >= 11 is 0. The lowest BCUT2D eigenvalue weighted by Crippen LogP contribution is -2.58. The van der Waals surface area contributed by atoms with E-state index in [4.69, 9.17) is 4.74 Å². The number of para-hydroxylation sites is 1. The summed E-state index contributed by atoms with van der Waals surface area (Å²) < 4.78 is 19.3. The number of nitrogens with zero attached hydrogens (tertiary/aromatic N) is 3. The summed E-state index contributed by atoms with van der Waals surface area (Å²) in [5.41, 5.74) is 4.98. The number of anilines is 2. The molecule has 0 aliphatic carbocycles. The number of amides is 1. The van der Waals surface area contributed by atoms with Crippen LogP contribution in [0.2, 0.25) is 0 Å². The summed E-state index contributed by atoms with van der Waals surface area (Å²) in [6.45, 7) is 5.85. The normalized spacial score (nSPS) is 22.4. The second-order valence-corrected chi connectivity index (χ2v) is 9.39. The number of benzene rings is 2. The Morgan fingerprint density at radius 1 is 1.12 bits per heavy atom. The second-order valence-electron chi connectivity index (χ2n) is 9.39. The van der Waals surface area contributed by atoms with Gasteiger partial charge >= 0.3 is 6.09 Å². The number of rotatable bonds is 4. The van der Waals surface area contributed by atoms with Crippen molar-refractivity contribution in [2.24, 2.45) is 0 Å². The first-order chi connectivity index (χ1) is 16.0. The summed E-state index contributed by atoms with van der Waals surface area (Å²) in [6, 6.07) is 11.1. The molecule has 1 amide bonds. The van der Waals surface area contributed by atoms with E-state index in [0.717, 1.165) is 60.0 Å². The molecule has 0 N–H and O–H groups in total. The van der Waals surface area contributed by atoms with Gasteiger partial charge in [0.25, 0.3) is 0 Å². The van der Waals surface area contributed by atoms with Crippen molar-refractivity contribution in [2.45, 2.75) is 64.4 Å². The van der Waals surface area contributed by atoms with Crippen LogP contribution in [-0.2, 0) is 22.6 Å². The molecule has 0 saturated carbocycles. The van der Waals surface area contributed by atoms with E-state index in [0.29, 0.717) is 19.7 Å². The highest BCUT2D eigenvalue weighted by atomic mass is 19.1. The molecule has 0 bridgehead atoms. The molecular formula is C26H30FN3O3. The number of aldehydes is 1. The van der Waals surface area contributed by atoms with Crippen molar-refractivity contribution in [1.29, 1.82) is 0 Å². The molecule has 0 aromatic heterocycles. The van der Waals surface area contributed by atoms with Crippen molar-refractivity contribution in [1.82, 2.24) is 4.90 Å². The lowest BCUT2D eigenvalue weighted by molar-refractivity contribution is -0.113. The van der Waals surface area contributed by atoms with Gasteiger partial charge in [0.1, 0.15) is 18.6 Å². The predicted molar refractivity (Wildman–Crippen MR) is 125 cm³/mol. The molecule has 2 aromatic carbocycles. The quantitative estimate of drug-likeness (QED) is 0.644. The number of piperidine rings is 1. The van der Waals surface area contributed by atoms with Crippen LogP contribution in [0.5, 0.6) is 0 Å². The SMILES string of the molecule is Cc1cccc2c1N(C1CCN(C(C=O)N3c4ccc(F)cc4CCC3C)CC1)C(=O)OC2. The molecule has 2 aromatic rings. The van der Waals surface area contributed by atoms with Gasteiger partial charge in [-0.3, -0.25) is 14.6 Å². The van der Waals surface area contributed by atoms with E-state index >= 15 is 0 Å². The molecule has 2 unspecified atom stereocenters. The van der Waals surface area contributed by atoms with Gasteiger partial charge in [-0.15, -0.1) is 0 Å². The lowest BCUT2D eigenvalue weighted by atomic mass is 9.94. The first-order valence-corrected chi connectivity index (χ1v) is 11.8. The molecule has 0 radical (unpaired) electrons. The van der Waals surface area contributed by atoms with E-state index in [2.05, 4.69) is 16.7 Å². The average Bonchev–Trinajstić information content (AvgIpc) is 2.82. The molecule has 1 saturated heterocycles. The fourth-order valence-corrected chi connectivity index (χ4v) is 5.70. The highest BCUT2D eigenvalue weighted by Crippen LogP contribution is 2.37. The van der Waals surface area contributed by atoms with Crippen LogP contribution in [0.4, 0.5) is 20.6 Å². The zero-order valence-electron chi connectivity index (χ0n) is 19.2. The summed E-state index contributed by atoms with van der Waals surface area (Å²) in [4.78, 5) is 31.2. The number of ether oxygens (including phenoxy) is 1. The number of aryl methyl sites for hydroxylation is 2. The second kappa shape index (κ2) is 8.78. The Labute approximate surface area is 193 Å². The van der Waals surface area contributed by atoms with Crippen LogP contribution in [0.1, 0.15) is 42.9 Å². The zero-order valence-corrected chi connectivity index (χ0v) is 19.2. The minimum atomic E-state index is -0.409. The molecule has 1 fully saturated rings. The Hall–Kier alpha value is -2.93. The van der Waals surface area contributed by atoms with Gasteiger partial charge in [-0.1, -0.05) is 18.2 Å². The molecular weight excluding hydrogens is 421 g/mol. The maximum Gasteiger partial charge on any atom is 0.414 e. The molecule has 3 aliphatic rings. The summed E-state index contributed by atoms with van der Waals surface area (Å²) in [5.74, 6) is -0.240. The molecule has 6 nitrogen and oxygen atoms in total. The van der Waals surface area contributed by atoms with Gasteiger partial charge in [0.15, 0.2) is 6.29 Å². The van der Waals surface area contributed by atoms with Gasteiger partial charge in [-0.05, 0) is 68.9 Å². The van der Waals surface area contributed by atoms with E-state index in [9.17, 15) is 14.0 Å². The van der Waals surface area contributed by atoms with Gasteiger partial charge in [0.2, 0.25) is 0 Å². The minimum Gasteiger partial charge on any atom is -0.444 e. The zero-order chi connectivity index (χ0) is 23.1. The van der Waals surface area contributed by atoms with Crippen LogP contribution in [-0.4, -0.2) is 48.6 Å². The molecule has 3 aliphatic heterocycles. The van der Waals surface area contributed by atoms with Crippen LogP contribution in [0.15, 0.2) is 36.4 Å². The van der Waals surface area contributed by atoms with E-state index in [-0.39, 0.29) is 24.0 Å². The van der Waals surface area contributed by atoms with Crippen molar-refractivity contribution in [3.63, 3.8) is 0 Å². The number of likely N-dealkylation sites (tertiary alicyclic amines) is 1. The first kappa shape index (κ1) is 21.9. The monoisotopic (exact) mass is 451 g/mol. The fourth-order valence-electron chi connectivity index (χ4n) is 5.70. The third-order valence-electron chi connectivity index (χ3n) is 7.38. The molecule has 0 spiro atoms. The van der Waals surface area contributed by atoms with E-state index in [1.807, 2.05) is 30.0 Å². The van der Waals surface area contributed by atoms with Gasteiger partial charge < -0.3 is 9.64 Å². The van der Waals surface area contributed by atoms with E-state index < -0.39 is 6.17 Å². The molecule has 5 rings (SSSR count). The largest absolute Gasteiger partial charge is 0.444 e. The number of hydrogen-bond donors (Lipinski definition) is 0. The molecule has 2 atom stereocenters. The highest BCUT2D eigenvalue weighted by molar-refractivity contribution is 5.92. The highest BCUT2D eigenvalue weighted by Gasteiger charge is 2.39. The van der Waals surface area contributed by atoms with Gasteiger partial charge in [-0.25, -0.2) is 9.18 Å². The first-order valence-electron chi connectivity index (χ1n) is 11.8. The van der Waals surface area contributed by atoms with Crippen LogP contribution >= 0.6 is 0 Å². The lowest BCUT2D eigenvalue weighted by Gasteiger charge is -2.47. The van der Waals surface area contributed by atoms with Crippen molar-refractivity contribution < 1.29 is 18.7 Å². The Kier molecular flexibility index (Phi) is 5.83. The average molecular weight is 452 g/mol. The van der Waals surface area contributed by atoms with Gasteiger partial charge in [-0.2, -0.15) is 0 Å². The minimum absolute atomic E-state index is 0.0290. The van der Waals surface area contributed by atoms with E-state index in [1.54, 1.807) is 12.1 Å². The Morgan fingerprint density at radius 3 is 2.67 bits per heavy atom. The predicted octanol–water partition coefficient (Wildman–Crippen LogP) is 4.42. The van der Waals surface area contributed by atoms with Crippen molar-refractivity contribution in [3.05, 3.63) is 58.9 Å². The smallest absolute Gasteiger partial charge is 0.414 e. The Balaban J connectivity index is 1.35. The van der Waals surface area contributed by atoms with E-state index in [1.165, 1.54) is 6.07 Å². The standard InChI is InChI=1S/C26H30FN3O3/c1-17-4-3-5-20-16-33-26(32)30(25(17)20)22-10-12-28(13-11-22)24(15-31)29-18(2)6-7-19-14-21(27)8-9-23(19)29/h3-5,8-9,14-15,18,22,24H,6-7,10-13,16H2,1-2H3. The van der Waals surface area contributed by atoms with Crippen molar-refractivity contribution in [2.75, 3.05) is 22.9 Å². The number of halogens is 1. The maximum absolute atomic E-state index is 13.8. The number of hydrogen-bond acceptors (Lipinski definition) is 5. The third kappa shape index (κ3) is 3.88. The summed E-state index contributed by atoms with van der Waals surface area (Å²) in [6.07, 6.45) is 3.51. The third-order valence-corrected chi connectivity index (χ3v) is 7.38. The number of carbonyl (C=O) groups excluding carboxylic acids is 2. The number of fused-ring (bicyclic) bond motifs is 2. The van der Waals surface area contributed by atoms with Gasteiger partial charge in [0, 0.05) is 36.4 Å². The summed E-state index contributed by atoms with van der Waals surface area (Å²) in [5, 5.41) is 0. The molecule has 174 valence electrons. The van der Waals surface area contributed by atoms with Crippen LogP contribution in [0.3, 0.4) is 0 Å². The number of cyclic esters (lactones) is 1. The molecule has 3 heterocycles. The Morgan fingerprint density at radius 2 is 1.91 bits per heavy atom. The maximum atomic E-state index is 13.8. The van der Waals surface area contributed by atoms with Crippen LogP contribution in [0, 0.1) is 12.7 Å². The number of carbonyl (C=O) groups is 2. The molecule has 7 heteroatoms.